The Kier molecular flexibility index (Phi) is 23.9. The number of nitrogens with zero attached hydrogens (tertiary/aromatic N) is 1. The fourth-order valence-electron chi connectivity index (χ4n) is 0.259. The van der Waals surface area contributed by atoms with Crippen molar-refractivity contribution in [3.63, 3.8) is 0 Å². The van der Waals surface area contributed by atoms with Crippen LogP contribution in [0, 0.1) is 0 Å². The maximum Gasteiger partial charge on any atom is 0.340 e. The van der Waals surface area contributed by atoms with E-state index >= 15 is 0 Å². The maximum absolute atomic E-state index is 10.3. The van der Waals surface area contributed by atoms with Gasteiger partial charge < -0.3 is 5.32 Å². The third-order valence-electron chi connectivity index (χ3n) is 0.539. The Bertz CT molecular complexity index is 116. The minimum atomic E-state index is -0.287. The van der Waals surface area contributed by atoms with Crippen molar-refractivity contribution in [2.24, 2.45) is 4.99 Å². The molecule has 2 amide bonds. The molecule has 0 rings (SSSR count). The van der Waals surface area contributed by atoms with Crippen molar-refractivity contribution in [2.75, 3.05) is 7.05 Å². The van der Waals surface area contributed by atoms with E-state index < -0.39 is 0 Å². The zero-order valence-electron chi connectivity index (χ0n) is 9.36. The number of amides is 2. The molecular formula is C9H22N2O. The lowest BCUT2D eigenvalue weighted by molar-refractivity contribution is 0.251. The minimum Gasteiger partial charge on any atom is -0.339 e. The van der Waals surface area contributed by atoms with Gasteiger partial charge in [0.25, 0.3) is 0 Å². The highest BCUT2D eigenvalue weighted by molar-refractivity contribution is 5.91. The predicted molar refractivity (Wildman–Crippen MR) is 55.9 cm³/mol. The third kappa shape index (κ3) is 22.9. The molecule has 0 bridgehead atoms. The Morgan fingerprint density at radius 1 is 1.08 bits per heavy atom. The van der Waals surface area contributed by atoms with Crippen LogP contribution in [0.3, 0.4) is 0 Å². The second-order valence-electron chi connectivity index (χ2n) is 1.61. The van der Waals surface area contributed by atoms with Crippen molar-refractivity contribution < 1.29 is 4.79 Å². The van der Waals surface area contributed by atoms with E-state index in [4.69, 9.17) is 0 Å². The Morgan fingerprint density at radius 3 is 1.50 bits per heavy atom. The molecule has 12 heavy (non-hydrogen) atoms. The van der Waals surface area contributed by atoms with Gasteiger partial charge in [-0.2, -0.15) is 0 Å². The molecule has 0 aromatic heterocycles. The summed E-state index contributed by atoms with van der Waals surface area (Å²) in [6.07, 6.45) is 0. The van der Waals surface area contributed by atoms with E-state index in [0.29, 0.717) is 0 Å². The van der Waals surface area contributed by atoms with Crippen LogP contribution in [0.5, 0.6) is 0 Å². The van der Waals surface area contributed by atoms with Gasteiger partial charge in [-0.3, -0.25) is 0 Å². The smallest absolute Gasteiger partial charge is 0.339 e. The molecule has 0 spiro atoms. The van der Waals surface area contributed by atoms with E-state index in [1.807, 2.05) is 27.7 Å². The quantitative estimate of drug-likeness (QED) is 0.564. The van der Waals surface area contributed by atoms with Crippen molar-refractivity contribution in [3.8, 4) is 0 Å². The molecule has 0 fully saturated rings. The monoisotopic (exact) mass is 174 g/mol. The molecule has 1 N–H and O–H groups in total. The number of carbonyl (C=O) groups excluding carboxylic acids is 1. The minimum absolute atomic E-state index is 0.287. The van der Waals surface area contributed by atoms with Crippen LogP contribution in [-0.2, 0) is 0 Å². The summed E-state index contributed by atoms with van der Waals surface area (Å²) in [5, 5.41) is 2.37. The Balaban J connectivity index is -0.000000175. The van der Waals surface area contributed by atoms with E-state index in [0.717, 1.165) is 5.71 Å². The van der Waals surface area contributed by atoms with Gasteiger partial charge >= 0.3 is 6.03 Å². The van der Waals surface area contributed by atoms with E-state index in [2.05, 4.69) is 10.3 Å². The van der Waals surface area contributed by atoms with Gasteiger partial charge in [-0.15, -0.1) is 0 Å². The first-order valence-corrected chi connectivity index (χ1v) is 4.40. The Morgan fingerprint density at radius 2 is 1.42 bits per heavy atom. The molecule has 0 aromatic carbocycles. The molecule has 0 aliphatic rings. The summed E-state index contributed by atoms with van der Waals surface area (Å²) in [5.74, 6) is 0. The average molecular weight is 174 g/mol. The lowest BCUT2D eigenvalue weighted by atomic mass is 10.5. The number of aliphatic imine (C=N–C) groups is 1. The summed E-state index contributed by atoms with van der Waals surface area (Å²) in [6.45, 7) is 11.5. The van der Waals surface area contributed by atoms with E-state index in [1.54, 1.807) is 20.9 Å². The van der Waals surface area contributed by atoms with Crippen molar-refractivity contribution in [1.29, 1.82) is 0 Å². The highest BCUT2D eigenvalue weighted by atomic mass is 16.2. The Hall–Kier alpha value is -0.860. The summed E-state index contributed by atoms with van der Waals surface area (Å²) < 4.78 is 0. The SMILES string of the molecule is CC.CC.CNC(=O)N=C(C)C. The highest BCUT2D eigenvalue weighted by Crippen LogP contribution is 1.74. The lowest BCUT2D eigenvalue weighted by Gasteiger charge is -1.88. The number of urea groups is 1. The van der Waals surface area contributed by atoms with Crippen LogP contribution in [0.1, 0.15) is 41.5 Å². The van der Waals surface area contributed by atoms with E-state index in [-0.39, 0.29) is 6.03 Å². The van der Waals surface area contributed by atoms with Gasteiger partial charge in [0.1, 0.15) is 0 Å². The molecule has 0 radical (unpaired) electrons. The molecule has 0 aromatic rings. The highest BCUT2D eigenvalue weighted by Gasteiger charge is 1.87. The molecule has 0 saturated carbocycles. The zero-order chi connectivity index (χ0) is 10.6. The summed E-state index contributed by atoms with van der Waals surface area (Å²) >= 11 is 0. The summed E-state index contributed by atoms with van der Waals surface area (Å²) in [4.78, 5) is 13.9. The van der Waals surface area contributed by atoms with Crippen molar-refractivity contribution in [3.05, 3.63) is 0 Å². The summed E-state index contributed by atoms with van der Waals surface area (Å²) in [7, 11) is 1.55. The molecule has 0 aliphatic carbocycles. The fraction of sp³-hybridized carbons (Fsp3) is 0.778. The van der Waals surface area contributed by atoms with Gasteiger partial charge in [0.15, 0.2) is 0 Å². The van der Waals surface area contributed by atoms with E-state index in [1.165, 1.54) is 0 Å². The van der Waals surface area contributed by atoms with Crippen LogP contribution >= 0.6 is 0 Å². The van der Waals surface area contributed by atoms with Crippen LogP contribution in [0.4, 0.5) is 4.79 Å². The first-order chi connectivity index (χ1) is 5.66. The molecule has 0 atom stereocenters. The Labute approximate surface area is 76.3 Å². The number of hydrogen-bond acceptors (Lipinski definition) is 1. The number of nitrogens with one attached hydrogen (secondary N) is 1. The van der Waals surface area contributed by atoms with Gasteiger partial charge in [-0.05, 0) is 13.8 Å². The zero-order valence-corrected chi connectivity index (χ0v) is 9.36. The van der Waals surface area contributed by atoms with Gasteiger partial charge in [0.05, 0.1) is 0 Å². The number of carbonyl (C=O) groups is 1. The van der Waals surface area contributed by atoms with Crippen molar-refractivity contribution in [2.45, 2.75) is 41.5 Å². The van der Waals surface area contributed by atoms with Gasteiger partial charge in [0, 0.05) is 12.8 Å². The van der Waals surface area contributed by atoms with Crippen LogP contribution in [0.15, 0.2) is 4.99 Å². The predicted octanol–water partition coefficient (Wildman–Crippen LogP) is 2.86. The normalized spacial score (nSPS) is 6.25. The molecule has 0 aliphatic heterocycles. The van der Waals surface area contributed by atoms with Crippen LogP contribution in [0.2, 0.25) is 0 Å². The number of rotatable bonds is 0. The summed E-state index contributed by atoms with van der Waals surface area (Å²) in [5.41, 5.74) is 0.768. The molecule has 3 heteroatoms. The molecule has 3 nitrogen and oxygen atoms in total. The first-order valence-electron chi connectivity index (χ1n) is 4.40. The molecule has 74 valence electrons. The molecule has 0 unspecified atom stereocenters. The third-order valence-corrected chi connectivity index (χ3v) is 0.539. The maximum atomic E-state index is 10.3. The van der Waals surface area contributed by atoms with Crippen LogP contribution in [-0.4, -0.2) is 18.8 Å². The molecular weight excluding hydrogens is 152 g/mol. The second-order valence-corrected chi connectivity index (χ2v) is 1.61. The molecule has 0 saturated heterocycles. The van der Waals surface area contributed by atoms with Gasteiger partial charge in [-0.1, -0.05) is 27.7 Å². The van der Waals surface area contributed by atoms with Gasteiger partial charge in [-0.25, -0.2) is 9.79 Å². The largest absolute Gasteiger partial charge is 0.340 e. The second kappa shape index (κ2) is 16.6. The van der Waals surface area contributed by atoms with Gasteiger partial charge in [0.2, 0.25) is 0 Å². The topological polar surface area (TPSA) is 41.5 Å². The molecule has 0 heterocycles. The van der Waals surface area contributed by atoms with Crippen LogP contribution < -0.4 is 5.32 Å². The lowest BCUT2D eigenvalue weighted by Crippen LogP contribution is -2.13. The fourth-order valence-corrected chi connectivity index (χ4v) is 0.259. The van der Waals surface area contributed by atoms with Crippen molar-refractivity contribution in [1.82, 2.24) is 5.32 Å². The van der Waals surface area contributed by atoms with Crippen LogP contribution in [0.25, 0.3) is 0 Å². The first kappa shape index (κ1) is 17.3. The van der Waals surface area contributed by atoms with E-state index in [9.17, 15) is 4.79 Å². The average Bonchev–Trinajstić information content (AvgIpc) is 2.10. The summed E-state index contributed by atoms with van der Waals surface area (Å²) in [6, 6.07) is -0.287. The standard InChI is InChI=1S/C5H10N2O.2C2H6/c1-4(2)7-5(8)6-3;2*1-2/h1-3H3,(H,6,8);2*1-2H3. The van der Waals surface area contributed by atoms with Crippen molar-refractivity contribution >= 4 is 11.7 Å². The number of hydrogen-bond donors (Lipinski definition) is 1.